The predicted octanol–water partition coefficient (Wildman–Crippen LogP) is 3.49. The van der Waals surface area contributed by atoms with Crippen LogP contribution in [0.3, 0.4) is 0 Å². The van der Waals surface area contributed by atoms with E-state index in [9.17, 15) is 0 Å². The second kappa shape index (κ2) is 5.31. The van der Waals surface area contributed by atoms with Crippen LogP contribution >= 0.6 is 15.9 Å². The van der Waals surface area contributed by atoms with Crippen molar-refractivity contribution < 1.29 is 4.42 Å². The van der Waals surface area contributed by atoms with Gasteiger partial charge in [0.2, 0.25) is 0 Å². The lowest BCUT2D eigenvalue weighted by Crippen LogP contribution is -2.04. The Labute approximate surface area is 109 Å². The van der Waals surface area contributed by atoms with Gasteiger partial charge in [-0.15, -0.1) is 0 Å². The largest absolute Gasteiger partial charge is 0.461 e. The van der Waals surface area contributed by atoms with Gasteiger partial charge in [0.25, 0.3) is 0 Å². The summed E-state index contributed by atoms with van der Waals surface area (Å²) in [6.07, 6.45) is 2.44. The van der Waals surface area contributed by atoms with E-state index in [-0.39, 0.29) is 0 Å². The van der Waals surface area contributed by atoms with Gasteiger partial charge >= 0.3 is 0 Å². The van der Waals surface area contributed by atoms with E-state index in [0.29, 0.717) is 0 Å². The summed E-state index contributed by atoms with van der Waals surface area (Å²) >= 11 is 3.44. The summed E-state index contributed by atoms with van der Waals surface area (Å²) in [5.74, 6) is 2.38. The fraction of sp³-hybridized carbons (Fsp3) is 0.333. The van der Waals surface area contributed by atoms with E-state index >= 15 is 0 Å². The molecule has 0 aromatic carbocycles. The zero-order chi connectivity index (χ0) is 12.3. The van der Waals surface area contributed by atoms with Crippen molar-refractivity contribution in [1.29, 1.82) is 0 Å². The number of aryl methyl sites for hydroxylation is 1. The molecule has 0 aliphatic rings. The second-order valence-electron chi connectivity index (χ2n) is 3.54. The monoisotopic (exact) mass is 295 g/mol. The Hall–Kier alpha value is -1.36. The predicted molar refractivity (Wildman–Crippen MR) is 71.0 cm³/mol. The van der Waals surface area contributed by atoms with E-state index in [4.69, 9.17) is 4.42 Å². The summed E-state index contributed by atoms with van der Waals surface area (Å²) in [4.78, 5) is 8.86. The summed E-state index contributed by atoms with van der Waals surface area (Å²) in [5, 5.41) is 3.20. The topological polar surface area (TPSA) is 51.0 Å². The number of nitrogens with zero attached hydrogens (tertiary/aromatic N) is 2. The fourth-order valence-corrected chi connectivity index (χ4v) is 1.92. The maximum absolute atomic E-state index is 5.42. The lowest BCUT2D eigenvalue weighted by atomic mass is 10.3. The Bertz CT molecular complexity index is 510. The summed E-state index contributed by atoms with van der Waals surface area (Å²) in [6, 6.07) is 3.75. The van der Waals surface area contributed by atoms with Crippen LogP contribution in [0, 0.1) is 0 Å². The highest BCUT2D eigenvalue weighted by molar-refractivity contribution is 9.10. The van der Waals surface area contributed by atoms with Crippen LogP contribution in [-0.2, 0) is 6.42 Å². The SMILES string of the molecule is CCNc1cc(-c2occc2Br)nc(CC)n1. The van der Waals surface area contributed by atoms with Crippen molar-refractivity contribution in [3.8, 4) is 11.5 Å². The smallest absolute Gasteiger partial charge is 0.166 e. The number of halogens is 1. The molecule has 0 fully saturated rings. The van der Waals surface area contributed by atoms with E-state index in [0.717, 1.165) is 40.5 Å². The number of nitrogens with one attached hydrogen (secondary N) is 1. The third kappa shape index (κ3) is 2.66. The molecule has 0 amide bonds. The number of hydrogen-bond acceptors (Lipinski definition) is 4. The lowest BCUT2D eigenvalue weighted by molar-refractivity contribution is 0.578. The van der Waals surface area contributed by atoms with Crippen molar-refractivity contribution in [2.45, 2.75) is 20.3 Å². The first-order valence-electron chi connectivity index (χ1n) is 5.59. The lowest BCUT2D eigenvalue weighted by Gasteiger charge is -2.06. The van der Waals surface area contributed by atoms with Gasteiger partial charge < -0.3 is 9.73 Å². The summed E-state index contributed by atoms with van der Waals surface area (Å²) in [7, 11) is 0. The number of anilines is 1. The molecule has 0 bridgehead atoms. The summed E-state index contributed by atoms with van der Waals surface area (Å²) in [6.45, 7) is 4.90. The van der Waals surface area contributed by atoms with Gasteiger partial charge in [-0.3, -0.25) is 0 Å². The van der Waals surface area contributed by atoms with Gasteiger partial charge in [-0.2, -0.15) is 0 Å². The number of aromatic nitrogens is 2. The Morgan fingerprint density at radius 2 is 2.18 bits per heavy atom. The Morgan fingerprint density at radius 3 is 2.76 bits per heavy atom. The first-order valence-corrected chi connectivity index (χ1v) is 6.39. The van der Waals surface area contributed by atoms with Crippen molar-refractivity contribution in [3.05, 3.63) is 28.7 Å². The second-order valence-corrected chi connectivity index (χ2v) is 4.39. The molecule has 2 heterocycles. The van der Waals surface area contributed by atoms with Crippen molar-refractivity contribution >= 4 is 21.7 Å². The third-order valence-electron chi connectivity index (χ3n) is 2.30. The molecule has 0 aliphatic heterocycles. The molecule has 0 aliphatic carbocycles. The molecular weight excluding hydrogens is 282 g/mol. The van der Waals surface area contributed by atoms with Crippen molar-refractivity contribution in [2.24, 2.45) is 0 Å². The highest BCUT2D eigenvalue weighted by atomic mass is 79.9. The molecule has 2 aromatic rings. The van der Waals surface area contributed by atoms with Crippen LogP contribution < -0.4 is 5.32 Å². The van der Waals surface area contributed by atoms with Crippen molar-refractivity contribution in [1.82, 2.24) is 9.97 Å². The minimum absolute atomic E-state index is 0.737. The van der Waals surface area contributed by atoms with Gasteiger partial charge in [0.1, 0.15) is 17.3 Å². The zero-order valence-corrected chi connectivity index (χ0v) is 11.4. The zero-order valence-electron chi connectivity index (χ0n) is 9.83. The normalized spacial score (nSPS) is 10.5. The van der Waals surface area contributed by atoms with Gasteiger partial charge in [0.05, 0.1) is 10.7 Å². The van der Waals surface area contributed by atoms with Crippen LogP contribution in [0.15, 0.2) is 27.3 Å². The van der Waals surface area contributed by atoms with Crippen molar-refractivity contribution in [3.63, 3.8) is 0 Å². The Kier molecular flexibility index (Phi) is 3.78. The molecule has 5 heteroatoms. The van der Waals surface area contributed by atoms with Gasteiger partial charge in [-0.1, -0.05) is 6.92 Å². The minimum atomic E-state index is 0.737. The van der Waals surface area contributed by atoms with E-state index in [2.05, 4.69) is 31.2 Å². The number of furan rings is 1. The molecular formula is C12H14BrN3O. The van der Waals surface area contributed by atoms with Crippen LogP contribution in [0.2, 0.25) is 0 Å². The minimum Gasteiger partial charge on any atom is -0.461 e. The van der Waals surface area contributed by atoms with E-state index in [1.807, 2.05) is 26.0 Å². The Morgan fingerprint density at radius 1 is 1.35 bits per heavy atom. The van der Waals surface area contributed by atoms with Gasteiger partial charge in [0, 0.05) is 19.0 Å². The standard InChI is InChI=1S/C12H14BrN3O/c1-3-10-15-9(7-11(16-10)14-4-2)12-8(13)5-6-17-12/h5-7H,3-4H2,1-2H3,(H,14,15,16). The molecule has 4 nitrogen and oxygen atoms in total. The van der Waals surface area contributed by atoms with E-state index in [1.165, 1.54) is 0 Å². The Balaban J connectivity index is 2.46. The molecule has 90 valence electrons. The van der Waals surface area contributed by atoms with Gasteiger partial charge in [0.15, 0.2) is 5.76 Å². The maximum Gasteiger partial charge on any atom is 0.166 e. The summed E-state index contributed by atoms with van der Waals surface area (Å²) < 4.78 is 6.32. The molecule has 1 N–H and O–H groups in total. The maximum atomic E-state index is 5.42. The molecule has 2 aromatic heterocycles. The number of rotatable bonds is 4. The first kappa shape index (κ1) is 12.1. The molecule has 0 saturated heterocycles. The van der Waals surface area contributed by atoms with Crippen LogP contribution in [0.1, 0.15) is 19.7 Å². The molecule has 0 atom stereocenters. The first-order chi connectivity index (χ1) is 8.24. The van der Waals surface area contributed by atoms with Gasteiger partial charge in [-0.05, 0) is 28.9 Å². The molecule has 0 unspecified atom stereocenters. The van der Waals surface area contributed by atoms with Gasteiger partial charge in [-0.25, -0.2) is 9.97 Å². The summed E-state index contributed by atoms with van der Waals surface area (Å²) in [5.41, 5.74) is 0.796. The van der Waals surface area contributed by atoms with E-state index < -0.39 is 0 Å². The highest BCUT2D eigenvalue weighted by Gasteiger charge is 2.11. The van der Waals surface area contributed by atoms with Crippen LogP contribution in [0.4, 0.5) is 5.82 Å². The fourth-order valence-electron chi connectivity index (χ4n) is 1.52. The van der Waals surface area contributed by atoms with E-state index in [1.54, 1.807) is 6.26 Å². The highest BCUT2D eigenvalue weighted by Crippen LogP contribution is 2.28. The van der Waals surface area contributed by atoms with Crippen LogP contribution in [0.25, 0.3) is 11.5 Å². The third-order valence-corrected chi connectivity index (χ3v) is 2.92. The van der Waals surface area contributed by atoms with Crippen molar-refractivity contribution in [2.75, 3.05) is 11.9 Å². The molecule has 17 heavy (non-hydrogen) atoms. The molecule has 0 radical (unpaired) electrons. The average molecular weight is 296 g/mol. The molecule has 2 rings (SSSR count). The number of hydrogen-bond donors (Lipinski definition) is 1. The van der Waals surface area contributed by atoms with Crippen LogP contribution in [0.5, 0.6) is 0 Å². The average Bonchev–Trinajstić information content (AvgIpc) is 2.75. The molecule has 0 saturated carbocycles. The quantitative estimate of drug-likeness (QED) is 0.938. The van der Waals surface area contributed by atoms with Crippen LogP contribution in [-0.4, -0.2) is 16.5 Å². The molecule has 0 spiro atoms.